The number of halogens is 1. The number of aromatic nitrogens is 3. The smallest absolute Gasteiger partial charge is 0.249 e. The Labute approximate surface area is 195 Å². The third kappa shape index (κ3) is 3.55. The fourth-order valence-corrected chi connectivity index (χ4v) is 4.56. The van der Waals surface area contributed by atoms with Gasteiger partial charge in [-0.3, -0.25) is 4.79 Å². The van der Waals surface area contributed by atoms with Crippen molar-refractivity contribution >= 4 is 22.5 Å². The van der Waals surface area contributed by atoms with E-state index in [-0.39, 0.29) is 5.56 Å². The van der Waals surface area contributed by atoms with E-state index in [1.807, 2.05) is 68.6 Å². The minimum Gasteiger partial charge on any atom is -0.374 e. The predicted octanol–water partition coefficient (Wildman–Crippen LogP) is 5.17. The van der Waals surface area contributed by atoms with Crippen molar-refractivity contribution in [1.29, 1.82) is 0 Å². The van der Waals surface area contributed by atoms with Gasteiger partial charge in [-0.25, -0.2) is 4.98 Å². The van der Waals surface area contributed by atoms with Crippen molar-refractivity contribution in [1.82, 2.24) is 14.5 Å². The van der Waals surface area contributed by atoms with E-state index in [1.54, 1.807) is 35.3 Å². The Bertz CT molecular complexity index is 1540. The highest BCUT2D eigenvalue weighted by Gasteiger charge is 2.36. The lowest BCUT2D eigenvalue weighted by Crippen LogP contribution is -2.31. The summed E-state index contributed by atoms with van der Waals surface area (Å²) in [6, 6.07) is 22.3. The normalized spacial score (nSPS) is 13.2. The largest absolute Gasteiger partial charge is 0.374 e. The Morgan fingerprint density at radius 3 is 2.39 bits per heavy atom. The number of hydrogen-bond donors (Lipinski definition) is 2. The minimum atomic E-state index is -1.48. The van der Waals surface area contributed by atoms with E-state index in [0.29, 0.717) is 27.4 Å². The fraction of sp³-hybridized carbons (Fsp3) is 0.111. The van der Waals surface area contributed by atoms with Gasteiger partial charge in [-0.2, -0.15) is 0 Å². The molecule has 6 heteroatoms. The highest BCUT2D eigenvalue weighted by atomic mass is 35.5. The molecule has 0 saturated carbocycles. The van der Waals surface area contributed by atoms with Crippen molar-refractivity contribution in [2.24, 2.45) is 7.05 Å². The second kappa shape index (κ2) is 8.03. The molecule has 1 atom stereocenters. The lowest BCUT2D eigenvalue weighted by Gasteiger charge is -2.30. The van der Waals surface area contributed by atoms with Crippen LogP contribution in [-0.4, -0.2) is 19.6 Å². The Morgan fingerprint density at radius 2 is 1.70 bits per heavy atom. The summed E-state index contributed by atoms with van der Waals surface area (Å²) in [4.78, 5) is 19.6. The first-order valence-electron chi connectivity index (χ1n) is 10.6. The molecule has 5 nitrogen and oxygen atoms in total. The van der Waals surface area contributed by atoms with Crippen LogP contribution in [0.15, 0.2) is 90.1 Å². The Hall–Kier alpha value is -3.67. The van der Waals surface area contributed by atoms with Crippen LogP contribution in [0.3, 0.4) is 0 Å². The van der Waals surface area contributed by atoms with Gasteiger partial charge in [-0.1, -0.05) is 54.1 Å². The molecule has 2 heterocycles. The molecule has 2 N–H and O–H groups in total. The molecule has 0 amide bonds. The second-order valence-corrected chi connectivity index (χ2v) is 8.67. The van der Waals surface area contributed by atoms with Gasteiger partial charge in [-0.05, 0) is 59.0 Å². The number of aryl methyl sites for hydroxylation is 2. The van der Waals surface area contributed by atoms with Crippen molar-refractivity contribution in [2.75, 3.05) is 0 Å². The van der Waals surface area contributed by atoms with Crippen LogP contribution in [0.1, 0.15) is 22.4 Å². The molecule has 0 aliphatic carbocycles. The fourth-order valence-electron chi connectivity index (χ4n) is 4.44. The van der Waals surface area contributed by atoms with Crippen molar-refractivity contribution in [3.63, 3.8) is 0 Å². The van der Waals surface area contributed by atoms with Gasteiger partial charge >= 0.3 is 0 Å². The number of rotatable bonds is 4. The molecule has 0 bridgehead atoms. The zero-order valence-corrected chi connectivity index (χ0v) is 19.0. The van der Waals surface area contributed by atoms with Gasteiger partial charge in [0.25, 0.3) is 0 Å². The van der Waals surface area contributed by atoms with E-state index in [0.717, 1.165) is 22.1 Å². The summed E-state index contributed by atoms with van der Waals surface area (Å²) in [5, 5.41) is 13.7. The molecule has 0 saturated heterocycles. The molecule has 1 unspecified atom stereocenters. The number of nitrogens with one attached hydrogen (secondary N) is 1. The molecular weight excluding hydrogens is 434 g/mol. The molecule has 5 aromatic rings. The summed E-state index contributed by atoms with van der Waals surface area (Å²) in [5.41, 5.74) is 3.84. The molecule has 2 aromatic heterocycles. The van der Waals surface area contributed by atoms with Crippen molar-refractivity contribution in [2.45, 2.75) is 12.5 Å². The van der Waals surface area contributed by atoms with Crippen LogP contribution in [0.4, 0.5) is 0 Å². The van der Waals surface area contributed by atoms with Crippen LogP contribution >= 0.6 is 11.6 Å². The number of hydrogen-bond acceptors (Lipinski definition) is 3. The topological polar surface area (TPSA) is 70.9 Å². The molecule has 0 radical (unpaired) electrons. The van der Waals surface area contributed by atoms with E-state index in [2.05, 4.69) is 9.97 Å². The quantitative estimate of drug-likeness (QED) is 0.392. The molecule has 0 aliphatic heterocycles. The summed E-state index contributed by atoms with van der Waals surface area (Å²) in [6.45, 7) is 2.02. The standard InChI is InChI=1S/C27H22ClN3O2/c1-17-5-3-4-6-21(17)22-14-26(32)30-24-12-9-19(13-23(22)24)27(33,25-15-29-16-31(25)2)18-7-10-20(28)11-8-18/h3-16,33H,1-2H3,(H,30,32). The first-order chi connectivity index (χ1) is 15.9. The van der Waals surface area contributed by atoms with Crippen molar-refractivity contribution < 1.29 is 5.11 Å². The third-order valence-electron chi connectivity index (χ3n) is 6.15. The lowest BCUT2D eigenvalue weighted by atomic mass is 9.82. The van der Waals surface area contributed by atoms with Crippen LogP contribution in [-0.2, 0) is 12.6 Å². The van der Waals surface area contributed by atoms with Gasteiger partial charge < -0.3 is 14.7 Å². The van der Waals surface area contributed by atoms with Crippen molar-refractivity contribution in [3.8, 4) is 11.1 Å². The Kier molecular flexibility index (Phi) is 5.16. The zero-order chi connectivity index (χ0) is 23.2. The highest BCUT2D eigenvalue weighted by molar-refractivity contribution is 6.30. The maximum absolute atomic E-state index is 12.4. The van der Waals surface area contributed by atoms with Gasteiger partial charge in [0.2, 0.25) is 5.56 Å². The molecule has 3 aromatic carbocycles. The first kappa shape index (κ1) is 21.2. The number of aliphatic hydroxyl groups is 1. The molecule has 0 fully saturated rings. The van der Waals surface area contributed by atoms with Gasteiger partial charge in [-0.15, -0.1) is 0 Å². The zero-order valence-electron chi connectivity index (χ0n) is 18.2. The molecule has 0 spiro atoms. The number of fused-ring (bicyclic) bond motifs is 1. The number of aromatic amines is 1. The van der Waals surface area contributed by atoms with Crippen LogP contribution < -0.4 is 5.56 Å². The van der Waals surface area contributed by atoms with Crippen LogP contribution in [0.5, 0.6) is 0 Å². The Balaban J connectivity index is 1.82. The third-order valence-corrected chi connectivity index (χ3v) is 6.40. The molecule has 164 valence electrons. The molecule has 33 heavy (non-hydrogen) atoms. The van der Waals surface area contributed by atoms with E-state index >= 15 is 0 Å². The van der Waals surface area contributed by atoms with Crippen molar-refractivity contribution in [3.05, 3.63) is 123 Å². The first-order valence-corrected chi connectivity index (χ1v) is 10.9. The summed E-state index contributed by atoms with van der Waals surface area (Å²) >= 11 is 6.13. The summed E-state index contributed by atoms with van der Waals surface area (Å²) < 4.78 is 1.80. The van der Waals surface area contributed by atoms with E-state index in [1.165, 1.54) is 0 Å². The van der Waals surface area contributed by atoms with Gasteiger partial charge in [0.1, 0.15) is 0 Å². The average molecular weight is 456 g/mol. The van der Waals surface area contributed by atoms with Gasteiger partial charge in [0.05, 0.1) is 18.2 Å². The summed E-state index contributed by atoms with van der Waals surface area (Å²) in [5.74, 6) is 0. The number of H-pyrrole nitrogens is 1. The van der Waals surface area contributed by atoms with Crippen LogP contribution in [0.2, 0.25) is 5.02 Å². The van der Waals surface area contributed by atoms with E-state index < -0.39 is 5.60 Å². The highest BCUT2D eigenvalue weighted by Crippen LogP contribution is 2.39. The van der Waals surface area contributed by atoms with Gasteiger partial charge in [0, 0.05) is 29.0 Å². The monoisotopic (exact) mass is 455 g/mol. The van der Waals surface area contributed by atoms with E-state index in [4.69, 9.17) is 11.6 Å². The predicted molar refractivity (Wildman–Crippen MR) is 132 cm³/mol. The maximum atomic E-state index is 12.4. The summed E-state index contributed by atoms with van der Waals surface area (Å²) in [7, 11) is 1.85. The second-order valence-electron chi connectivity index (χ2n) is 8.23. The molecule has 5 rings (SSSR count). The maximum Gasteiger partial charge on any atom is 0.249 e. The number of pyridine rings is 1. The molecule has 0 aliphatic rings. The Morgan fingerprint density at radius 1 is 0.970 bits per heavy atom. The average Bonchev–Trinajstić information content (AvgIpc) is 3.25. The van der Waals surface area contributed by atoms with Crippen LogP contribution in [0.25, 0.3) is 22.0 Å². The van der Waals surface area contributed by atoms with Crippen LogP contribution in [0, 0.1) is 6.92 Å². The molecular formula is C27H22ClN3O2. The number of nitrogens with zero attached hydrogens (tertiary/aromatic N) is 2. The number of imidazole rings is 1. The van der Waals surface area contributed by atoms with Gasteiger partial charge in [0.15, 0.2) is 5.60 Å². The lowest BCUT2D eigenvalue weighted by molar-refractivity contribution is 0.117. The minimum absolute atomic E-state index is 0.173. The van der Waals surface area contributed by atoms with E-state index in [9.17, 15) is 9.90 Å². The summed E-state index contributed by atoms with van der Waals surface area (Å²) in [6.07, 6.45) is 3.32. The SMILES string of the molecule is Cc1ccccc1-c1cc(=O)[nH]c2ccc(C(O)(c3ccc(Cl)cc3)c3cncn3C)cc12. The number of benzene rings is 3.